The number of halogens is 3. The second-order valence-electron chi connectivity index (χ2n) is 9.17. The van der Waals surface area contributed by atoms with Gasteiger partial charge in [0.15, 0.2) is 11.6 Å². The van der Waals surface area contributed by atoms with Gasteiger partial charge in [-0.05, 0) is 48.2 Å². The lowest BCUT2D eigenvalue weighted by molar-refractivity contribution is -0.274. The molecule has 0 saturated heterocycles. The number of benzene rings is 2. The molecule has 0 aliphatic carbocycles. The highest BCUT2D eigenvalue weighted by molar-refractivity contribution is 6.21. The number of ether oxygens (including phenoxy) is 2. The van der Waals surface area contributed by atoms with Gasteiger partial charge in [0.05, 0.1) is 17.3 Å². The molecule has 1 atom stereocenters. The number of esters is 1. The van der Waals surface area contributed by atoms with Crippen molar-refractivity contribution in [3.05, 3.63) is 94.4 Å². The van der Waals surface area contributed by atoms with Crippen LogP contribution in [0.1, 0.15) is 59.9 Å². The standard InChI is InChI=1S/C28H24F3N3O5/c1-15(2)18-6-8-20(9-7-18)25(36)23-24(19-10-12-21(13-11-19)39-28(29,30)31)34(22-14-5-16(3)32-33-22)27(37)26(23)38-17(4)35/h5-15,24H,1-4H3. The Labute approximate surface area is 222 Å². The highest BCUT2D eigenvalue weighted by Crippen LogP contribution is 2.43. The number of amides is 1. The average molecular weight is 540 g/mol. The Kier molecular flexibility index (Phi) is 7.53. The fourth-order valence-electron chi connectivity index (χ4n) is 4.16. The summed E-state index contributed by atoms with van der Waals surface area (Å²) >= 11 is 0. The normalized spacial score (nSPS) is 15.6. The predicted octanol–water partition coefficient (Wildman–Crippen LogP) is 5.60. The van der Waals surface area contributed by atoms with Gasteiger partial charge in [0.1, 0.15) is 5.75 Å². The number of hydrogen-bond donors (Lipinski definition) is 0. The first-order chi connectivity index (χ1) is 18.4. The summed E-state index contributed by atoms with van der Waals surface area (Å²) in [5, 5.41) is 8.05. The van der Waals surface area contributed by atoms with Crippen LogP contribution in [0.4, 0.5) is 19.0 Å². The Balaban J connectivity index is 1.88. The van der Waals surface area contributed by atoms with Gasteiger partial charge in [-0.15, -0.1) is 18.3 Å². The van der Waals surface area contributed by atoms with Gasteiger partial charge in [-0.2, -0.15) is 5.10 Å². The summed E-state index contributed by atoms with van der Waals surface area (Å²) in [7, 11) is 0. The molecule has 3 aromatic rings. The maximum absolute atomic E-state index is 13.9. The maximum Gasteiger partial charge on any atom is 0.573 e. The smallest absolute Gasteiger partial charge is 0.420 e. The molecule has 0 N–H and O–H groups in total. The van der Waals surface area contributed by atoms with Gasteiger partial charge in [0.2, 0.25) is 5.76 Å². The second kappa shape index (κ2) is 10.7. The number of Topliss-reactive ketones (excluding diaryl/α,β-unsaturated/α-hetero) is 1. The Morgan fingerprint density at radius 2 is 1.59 bits per heavy atom. The zero-order chi connectivity index (χ0) is 28.5. The summed E-state index contributed by atoms with van der Waals surface area (Å²) in [4.78, 5) is 40.7. The molecule has 4 rings (SSSR count). The second-order valence-corrected chi connectivity index (χ2v) is 9.17. The van der Waals surface area contributed by atoms with Gasteiger partial charge in [-0.1, -0.05) is 50.2 Å². The minimum absolute atomic E-state index is 0.0498. The van der Waals surface area contributed by atoms with E-state index in [-0.39, 0.29) is 28.4 Å². The maximum atomic E-state index is 13.9. The van der Waals surface area contributed by atoms with Gasteiger partial charge in [0, 0.05) is 12.5 Å². The zero-order valence-electron chi connectivity index (χ0n) is 21.4. The molecule has 8 nitrogen and oxygen atoms in total. The predicted molar refractivity (Wildman–Crippen MR) is 134 cm³/mol. The highest BCUT2D eigenvalue weighted by atomic mass is 19.4. The fraction of sp³-hybridized carbons (Fsp3) is 0.250. The molecule has 0 bridgehead atoms. The summed E-state index contributed by atoms with van der Waals surface area (Å²) in [5.74, 6) is -2.98. The molecule has 0 fully saturated rings. The summed E-state index contributed by atoms with van der Waals surface area (Å²) in [5.41, 5.74) is 1.86. The summed E-state index contributed by atoms with van der Waals surface area (Å²) in [6, 6.07) is 13.4. The Bertz CT molecular complexity index is 1430. The molecule has 0 spiro atoms. The third-order valence-electron chi connectivity index (χ3n) is 5.98. The lowest BCUT2D eigenvalue weighted by Gasteiger charge is -2.26. The van der Waals surface area contributed by atoms with E-state index in [1.165, 1.54) is 18.2 Å². The molecule has 1 unspecified atom stereocenters. The Morgan fingerprint density at radius 3 is 2.10 bits per heavy atom. The van der Waals surface area contributed by atoms with E-state index in [0.717, 1.165) is 29.5 Å². The van der Waals surface area contributed by atoms with Crippen LogP contribution in [-0.4, -0.2) is 34.2 Å². The molecule has 1 amide bonds. The van der Waals surface area contributed by atoms with Crippen molar-refractivity contribution in [1.29, 1.82) is 0 Å². The van der Waals surface area contributed by atoms with Crippen LogP contribution >= 0.6 is 0 Å². The number of carbonyl (C=O) groups is 3. The number of ketones is 1. The molecule has 11 heteroatoms. The van der Waals surface area contributed by atoms with Gasteiger partial charge >= 0.3 is 12.3 Å². The van der Waals surface area contributed by atoms with Crippen molar-refractivity contribution in [3.63, 3.8) is 0 Å². The molecule has 1 aromatic heterocycles. The van der Waals surface area contributed by atoms with Crippen molar-refractivity contribution >= 4 is 23.5 Å². The molecule has 0 saturated carbocycles. The molecule has 39 heavy (non-hydrogen) atoms. The van der Waals surface area contributed by atoms with E-state index < -0.39 is 41.6 Å². The summed E-state index contributed by atoms with van der Waals surface area (Å²) in [6.45, 7) is 6.77. The monoisotopic (exact) mass is 539 g/mol. The minimum Gasteiger partial charge on any atom is -0.420 e. The molecular formula is C28H24F3N3O5. The summed E-state index contributed by atoms with van der Waals surface area (Å²) < 4.78 is 47.4. The van der Waals surface area contributed by atoms with Crippen LogP contribution in [-0.2, 0) is 14.3 Å². The molecule has 0 radical (unpaired) electrons. The third-order valence-corrected chi connectivity index (χ3v) is 5.98. The van der Waals surface area contributed by atoms with Crippen LogP contribution in [0.3, 0.4) is 0 Å². The minimum atomic E-state index is -4.90. The van der Waals surface area contributed by atoms with E-state index in [1.807, 2.05) is 13.8 Å². The van der Waals surface area contributed by atoms with Crippen LogP contribution in [0, 0.1) is 6.92 Å². The SMILES string of the molecule is CC(=O)OC1=C(C(=O)c2ccc(C(C)C)cc2)C(c2ccc(OC(F)(F)F)cc2)N(c2ccc(C)nn2)C1=O. The first kappa shape index (κ1) is 27.5. The van der Waals surface area contributed by atoms with Crippen molar-refractivity contribution < 1.29 is 37.0 Å². The van der Waals surface area contributed by atoms with Gasteiger partial charge in [-0.25, -0.2) is 0 Å². The molecular weight excluding hydrogens is 515 g/mol. The Hall–Kier alpha value is -4.54. The number of anilines is 1. The van der Waals surface area contributed by atoms with Crippen molar-refractivity contribution in [2.45, 2.75) is 46.0 Å². The molecule has 202 valence electrons. The number of hydrogen-bond acceptors (Lipinski definition) is 7. The van der Waals surface area contributed by atoms with Crippen LogP contribution in [0.5, 0.6) is 5.75 Å². The van der Waals surface area contributed by atoms with Crippen LogP contribution in [0.2, 0.25) is 0 Å². The Morgan fingerprint density at radius 1 is 0.949 bits per heavy atom. The number of aromatic nitrogens is 2. The zero-order valence-corrected chi connectivity index (χ0v) is 21.4. The number of nitrogens with zero attached hydrogens (tertiary/aromatic N) is 3. The first-order valence-electron chi connectivity index (χ1n) is 11.9. The summed E-state index contributed by atoms with van der Waals surface area (Å²) in [6.07, 6.45) is -4.90. The molecule has 1 aliphatic rings. The van der Waals surface area contributed by atoms with Crippen LogP contribution in [0.25, 0.3) is 0 Å². The van der Waals surface area contributed by atoms with Crippen molar-refractivity contribution in [2.24, 2.45) is 0 Å². The lowest BCUT2D eigenvalue weighted by atomic mass is 9.91. The van der Waals surface area contributed by atoms with E-state index in [2.05, 4.69) is 14.9 Å². The van der Waals surface area contributed by atoms with E-state index in [1.54, 1.807) is 37.3 Å². The molecule has 2 aromatic carbocycles. The van der Waals surface area contributed by atoms with Gasteiger partial charge < -0.3 is 9.47 Å². The van der Waals surface area contributed by atoms with Gasteiger partial charge in [0.25, 0.3) is 5.91 Å². The quantitative estimate of drug-likeness (QED) is 0.285. The lowest BCUT2D eigenvalue weighted by Crippen LogP contribution is -2.32. The average Bonchev–Trinajstić information content (AvgIpc) is 3.15. The van der Waals surface area contributed by atoms with Crippen molar-refractivity contribution in [3.8, 4) is 5.75 Å². The number of carbonyl (C=O) groups excluding carboxylic acids is 3. The first-order valence-corrected chi connectivity index (χ1v) is 11.9. The van der Waals surface area contributed by atoms with Gasteiger partial charge in [-0.3, -0.25) is 19.3 Å². The fourth-order valence-corrected chi connectivity index (χ4v) is 4.16. The van der Waals surface area contributed by atoms with Crippen molar-refractivity contribution in [1.82, 2.24) is 10.2 Å². The third kappa shape index (κ3) is 5.97. The number of rotatable bonds is 7. The molecule has 2 heterocycles. The van der Waals surface area contributed by atoms with E-state index in [9.17, 15) is 27.6 Å². The molecule has 1 aliphatic heterocycles. The number of aryl methyl sites for hydroxylation is 1. The van der Waals surface area contributed by atoms with Crippen LogP contribution in [0.15, 0.2) is 72.0 Å². The van der Waals surface area contributed by atoms with Crippen LogP contribution < -0.4 is 9.64 Å². The highest BCUT2D eigenvalue weighted by Gasteiger charge is 2.47. The van der Waals surface area contributed by atoms with Crippen molar-refractivity contribution in [2.75, 3.05) is 4.90 Å². The topological polar surface area (TPSA) is 98.7 Å². The largest absolute Gasteiger partial charge is 0.573 e. The van der Waals surface area contributed by atoms with E-state index in [4.69, 9.17) is 4.74 Å². The van der Waals surface area contributed by atoms with E-state index >= 15 is 0 Å². The van der Waals surface area contributed by atoms with E-state index in [0.29, 0.717) is 5.69 Å². The number of alkyl halides is 3.